The number of ether oxygens (including phenoxy) is 1. The summed E-state index contributed by atoms with van der Waals surface area (Å²) in [7, 11) is 3.50. The molecule has 0 aromatic heterocycles. The van der Waals surface area contributed by atoms with Crippen molar-refractivity contribution in [2.75, 3.05) is 39.1 Å². The normalized spacial score (nSPS) is 22.4. The van der Waals surface area contributed by atoms with Gasteiger partial charge < -0.3 is 19.9 Å². The topological polar surface area (TPSA) is 63.1 Å². The van der Waals surface area contributed by atoms with Crippen molar-refractivity contribution in [3.8, 4) is 5.75 Å². The number of benzene rings is 1. The lowest BCUT2D eigenvalue weighted by Gasteiger charge is -2.36. The van der Waals surface area contributed by atoms with Gasteiger partial charge in [-0.2, -0.15) is 0 Å². The Balaban J connectivity index is 1.87. The van der Waals surface area contributed by atoms with Crippen molar-refractivity contribution < 1.29 is 19.2 Å². The van der Waals surface area contributed by atoms with Gasteiger partial charge in [0, 0.05) is 18.8 Å². The molecule has 0 bridgehead atoms. The summed E-state index contributed by atoms with van der Waals surface area (Å²) in [6.45, 7) is 8.18. The molecule has 2 N–H and O–H groups in total. The van der Waals surface area contributed by atoms with Gasteiger partial charge in [-0.25, -0.2) is 0 Å². The maximum Gasteiger partial charge on any atom is 0.280 e. The van der Waals surface area contributed by atoms with E-state index >= 15 is 0 Å². The van der Waals surface area contributed by atoms with Gasteiger partial charge in [-0.05, 0) is 49.4 Å². The highest BCUT2D eigenvalue weighted by molar-refractivity contribution is 5.91. The van der Waals surface area contributed by atoms with Crippen molar-refractivity contribution in [3.63, 3.8) is 0 Å². The van der Waals surface area contributed by atoms with Crippen molar-refractivity contribution in [3.05, 3.63) is 24.3 Å². The minimum Gasteiger partial charge on any atom is -0.497 e. The summed E-state index contributed by atoms with van der Waals surface area (Å²) >= 11 is 0. The highest BCUT2D eigenvalue weighted by Gasteiger charge is 2.32. The molecule has 144 valence electrons. The summed E-state index contributed by atoms with van der Waals surface area (Å²) in [6, 6.07) is 6.97. The number of nitrogens with zero attached hydrogens (tertiary/aromatic N) is 1. The van der Waals surface area contributed by atoms with E-state index in [9.17, 15) is 9.59 Å². The number of quaternary nitrogens is 1. The number of likely N-dealkylation sites (tertiary alicyclic amines) is 1. The van der Waals surface area contributed by atoms with Crippen molar-refractivity contribution in [2.45, 2.75) is 33.2 Å². The molecule has 0 aliphatic carbocycles. The molecule has 2 rings (SSSR count). The average Bonchev–Trinajstić information content (AvgIpc) is 2.60. The highest BCUT2D eigenvalue weighted by Crippen LogP contribution is 2.21. The SMILES string of the molecule is COc1ccc(NC(=O)C[NH+](C)[C@H](C)C(=O)N2C[C@@H](C)C[C@H](C)C2)cc1. The lowest BCUT2D eigenvalue weighted by Crippen LogP contribution is -3.15. The van der Waals surface area contributed by atoms with Crippen LogP contribution in [0, 0.1) is 11.8 Å². The Labute approximate surface area is 156 Å². The zero-order valence-corrected chi connectivity index (χ0v) is 16.5. The molecule has 1 saturated heterocycles. The minimum absolute atomic E-state index is 0.104. The van der Waals surface area contributed by atoms with Crippen LogP contribution >= 0.6 is 0 Å². The van der Waals surface area contributed by atoms with Crippen LogP contribution in [0.3, 0.4) is 0 Å². The number of hydrogen-bond acceptors (Lipinski definition) is 3. The van der Waals surface area contributed by atoms with Crippen LogP contribution in [0.25, 0.3) is 0 Å². The van der Waals surface area contributed by atoms with E-state index in [2.05, 4.69) is 19.2 Å². The molecule has 0 radical (unpaired) electrons. The molecule has 1 aliphatic heterocycles. The molecule has 0 spiro atoms. The maximum absolute atomic E-state index is 12.8. The lowest BCUT2D eigenvalue weighted by atomic mass is 9.91. The first-order valence-corrected chi connectivity index (χ1v) is 9.35. The molecule has 6 nitrogen and oxygen atoms in total. The van der Waals surface area contributed by atoms with Gasteiger partial charge >= 0.3 is 0 Å². The molecular formula is C20H32N3O3+. The van der Waals surface area contributed by atoms with E-state index in [-0.39, 0.29) is 24.4 Å². The van der Waals surface area contributed by atoms with Crippen LogP contribution in [-0.2, 0) is 9.59 Å². The number of rotatable bonds is 6. The van der Waals surface area contributed by atoms with E-state index in [0.29, 0.717) is 11.8 Å². The number of likely N-dealkylation sites (N-methyl/N-ethyl adjacent to an activating group) is 1. The number of carbonyl (C=O) groups is 2. The number of hydrogen-bond donors (Lipinski definition) is 2. The van der Waals surface area contributed by atoms with Gasteiger partial charge in [0.25, 0.3) is 11.8 Å². The monoisotopic (exact) mass is 362 g/mol. The Morgan fingerprint density at radius 3 is 2.35 bits per heavy atom. The molecule has 0 saturated carbocycles. The molecule has 6 heteroatoms. The van der Waals surface area contributed by atoms with Gasteiger partial charge in [0.1, 0.15) is 5.75 Å². The highest BCUT2D eigenvalue weighted by atomic mass is 16.5. The van der Waals surface area contributed by atoms with Crippen LogP contribution in [0.2, 0.25) is 0 Å². The second kappa shape index (κ2) is 9.03. The van der Waals surface area contributed by atoms with Gasteiger partial charge in [0.15, 0.2) is 12.6 Å². The van der Waals surface area contributed by atoms with Crippen LogP contribution in [0.4, 0.5) is 5.69 Å². The fourth-order valence-corrected chi connectivity index (χ4v) is 3.61. The van der Waals surface area contributed by atoms with Gasteiger partial charge in [0.2, 0.25) is 0 Å². The van der Waals surface area contributed by atoms with Crippen LogP contribution in [0.5, 0.6) is 5.75 Å². The minimum atomic E-state index is -0.242. The number of nitrogens with one attached hydrogen (secondary N) is 2. The summed E-state index contributed by atoms with van der Waals surface area (Å²) in [5, 5.41) is 2.87. The third-order valence-corrected chi connectivity index (χ3v) is 5.10. The number of anilines is 1. The second-order valence-corrected chi connectivity index (χ2v) is 7.71. The van der Waals surface area contributed by atoms with E-state index in [4.69, 9.17) is 4.74 Å². The van der Waals surface area contributed by atoms with E-state index in [1.165, 1.54) is 6.42 Å². The first-order valence-electron chi connectivity index (χ1n) is 9.35. The zero-order valence-electron chi connectivity index (χ0n) is 16.5. The van der Waals surface area contributed by atoms with Crippen LogP contribution in [-0.4, -0.2) is 56.5 Å². The molecule has 1 fully saturated rings. The van der Waals surface area contributed by atoms with E-state index in [1.807, 2.05) is 18.9 Å². The smallest absolute Gasteiger partial charge is 0.280 e. The van der Waals surface area contributed by atoms with Crippen molar-refractivity contribution in [1.82, 2.24) is 4.90 Å². The lowest BCUT2D eigenvalue weighted by molar-refractivity contribution is -0.886. The summed E-state index contributed by atoms with van der Waals surface area (Å²) in [6.07, 6.45) is 1.17. The Morgan fingerprint density at radius 2 is 1.81 bits per heavy atom. The zero-order chi connectivity index (χ0) is 19.3. The number of carbonyl (C=O) groups excluding carboxylic acids is 2. The quantitative estimate of drug-likeness (QED) is 0.795. The van der Waals surface area contributed by atoms with Crippen LogP contribution < -0.4 is 15.0 Å². The molecule has 1 aliphatic rings. The van der Waals surface area contributed by atoms with E-state index < -0.39 is 0 Å². The van der Waals surface area contributed by atoms with Gasteiger partial charge in [-0.1, -0.05) is 13.8 Å². The Bertz CT molecular complexity index is 607. The van der Waals surface area contributed by atoms with Crippen molar-refractivity contribution >= 4 is 17.5 Å². The second-order valence-electron chi connectivity index (χ2n) is 7.71. The number of methoxy groups -OCH3 is 1. The van der Waals surface area contributed by atoms with Crippen LogP contribution in [0.1, 0.15) is 27.2 Å². The third-order valence-electron chi connectivity index (χ3n) is 5.10. The standard InChI is InChI=1S/C20H31N3O3/c1-14-10-15(2)12-23(11-14)20(25)16(3)22(4)13-19(24)21-17-6-8-18(26-5)9-7-17/h6-9,14-16H,10-13H2,1-5H3,(H,21,24)/p+1/t14-,15-,16+/m0/s1. The Morgan fingerprint density at radius 1 is 1.23 bits per heavy atom. The molecule has 1 aromatic carbocycles. The first-order chi connectivity index (χ1) is 12.3. The fourth-order valence-electron chi connectivity index (χ4n) is 3.61. The van der Waals surface area contributed by atoms with E-state index in [0.717, 1.165) is 29.4 Å². The Hall–Kier alpha value is -2.08. The summed E-state index contributed by atoms with van der Waals surface area (Å²) in [4.78, 5) is 28.0. The first kappa shape index (κ1) is 20.2. The molecule has 26 heavy (non-hydrogen) atoms. The maximum atomic E-state index is 12.8. The molecule has 1 heterocycles. The number of amides is 2. The van der Waals surface area contributed by atoms with Gasteiger partial charge in [-0.3, -0.25) is 9.59 Å². The number of piperidine rings is 1. The Kier molecular flexibility index (Phi) is 7.03. The summed E-state index contributed by atoms with van der Waals surface area (Å²) < 4.78 is 5.11. The average molecular weight is 362 g/mol. The van der Waals surface area contributed by atoms with Crippen LogP contribution in [0.15, 0.2) is 24.3 Å². The predicted octanol–water partition coefficient (Wildman–Crippen LogP) is 1.04. The molecule has 4 atom stereocenters. The van der Waals surface area contributed by atoms with Gasteiger partial charge in [0.05, 0.1) is 14.2 Å². The van der Waals surface area contributed by atoms with Gasteiger partial charge in [-0.15, -0.1) is 0 Å². The molecule has 1 unspecified atom stereocenters. The van der Waals surface area contributed by atoms with E-state index in [1.54, 1.807) is 31.4 Å². The largest absolute Gasteiger partial charge is 0.497 e. The molecular weight excluding hydrogens is 330 g/mol. The third kappa shape index (κ3) is 5.46. The predicted molar refractivity (Wildman–Crippen MR) is 102 cm³/mol. The summed E-state index contributed by atoms with van der Waals surface area (Å²) in [5.41, 5.74) is 0.723. The molecule has 1 aromatic rings. The fraction of sp³-hybridized carbons (Fsp3) is 0.600. The summed E-state index contributed by atoms with van der Waals surface area (Å²) in [5.74, 6) is 1.85. The van der Waals surface area contributed by atoms with Crippen molar-refractivity contribution in [1.29, 1.82) is 0 Å². The van der Waals surface area contributed by atoms with Crippen molar-refractivity contribution in [2.24, 2.45) is 11.8 Å². The molecule has 2 amide bonds.